The molecule has 21 heavy (non-hydrogen) atoms. The van der Waals surface area contributed by atoms with Gasteiger partial charge in [-0.25, -0.2) is 4.79 Å². The van der Waals surface area contributed by atoms with Crippen LogP contribution >= 0.6 is 0 Å². The van der Waals surface area contributed by atoms with Gasteiger partial charge >= 0.3 is 11.9 Å². The summed E-state index contributed by atoms with van der Waals surface area (Å²) >= 11 is 0. The fraction of sp³-hybridized carbons (Fsp3) is 0.467. The first-order valence-corrected chi connectivity index (χ1v) is 6.71. The van der Waals surface area contributed by atoms with Crippen molar-refractivity contribution in [2.45, 2.75) is 44.9 Å². The molecule has 0 aromatic heterocycles. The van der Waals surface area contributed by atoms with Crippen molar-refractivity contribution in [2.24, 2.45) is 0 Å². The number of esters is 1. The largest absolute Gasteiger partial charge is 0.508 e. The number of fused-ring (bicyclic) bond motifs is 1. The summed E-state index contributed by atoms with van der Waals surface area (Å²) < 4.78 is 5.33. The van der Waals surface area contributed by atoms with Crippen molar-refractivity contribution in [3.8, 4) is 5.75 Å². The fourth-order valence-corrected chi connectivity index (χ4v) is 2.32. The highest BCUT2D eigenvalue weighted by Gasteiger charge is 2.36. The minimum absolute atomic E-state index is 0.0258. The number of nitrogens with one attached hydrogen (secondary N) is 1. The highest BCUT2D eigenvalue weighted by molar-refractivity contribution is 5.82. The first kappa shape index (κ1) is 15.3. The van der Waals surface area contributed by atoms with Crippen LogP contribution in [-0.4, -0.2) is 33.8 Å². The average Bonchev–Trinajstić information content (AvgIpc) is 2.35. The number of carboxylic acid groups (broad SMARTS) is 1. The van der Waals surface area contributed by atoms with Crippen LogP contribution in [0.2, 0.25) is 0 Å². The molecule has 114 valence electrons. The number of rotatable bonds is 2. The maximum atomic E-state index is 12.3. The Labute approximate surface area is 122 Å². The molecule has 1 aliphatic heterocycles. The van der Waals surface area contributed by atoms with Crippen LogP contribution in [0, 0.1) is 0 Å². The van der Waals surface area contributed by atoms with Crippen LogP contribution in [0.15, 0.2) is 18.2 Å². The Balaban J connectivity index is 2.37. The summed E-state index contributed by atoms with van der Waals surface area (Å²) in [5.74, 6) is -1.56. The minimum atomic E-state index is -1.03. The Hall–Kier alpha value is -2.08. The maximum absolute atomic E-state index is 12.3. The van der Waals surface area contributed by atoms with Crippen LogP contribution in [-0.2, 0) is 20.7 Å². The summed E-state index contributed by atoms with van der Waals surface area (Å²) in [7, 11) is 0. The molecule has 0 bridgehead atoms. The molecule has 1 heterocycles. The molecule has 0 fully saturated rings. The molecule has 2 rings (SSSR count). The van der Waals surface area contributed by atoms with E-state index < -0.39 is 29.6 Å². The highest BCUT2D eigenvalue weighted by atomic mass is 16.6. The molecule has 1 aliphatic rings. The van der Waals surface area contributed by atoms with E-state index in [0.29, 0.717) is 5.56 Å². The molecule has 3 N–H and O–H groups in total. The van der Waals surface area contributed by atoms with Gasteiger partial charge in [-0.05, 0) is 50.5 Å². The molecule has 0 radical (unpaired) electrons. The molecule has 0 amide bonds. The number of phenols is 1. The third kappa shape index (κ3) is 3.52. The quantitative estimate of drug-likeness (QED) is 0.713. The topological polar surface area (TPSA) is 95.9 Å². The van der Waals surface area contributed by atoms with E-state index in [-0.39, 0.29) is 12.2 Å². The Morgan fingerprint density at radius 1 is 1.33 bits per heavy atom. The van der Waals surface area contributed by atoms with E-state index in [9.17, 15) is 19.8 Å². The van der Waals surface area contributed by atoms with Gasteiger partial charge < -0.3 is 14.9 Å². The molecule has 1 unspecified atom stereocenters. The number of hydrogen-bond acceptors (Lipinski definition) is 5. The van der Waals surface area contributed by atoms with E-state index in [0.717, 1.165) is 5.56 Å². The molecule has 1 aromatic rings. The van der Waals surface area contributed by atoms with Gasteiger partial charge in [0.1, 0.15) is 23.4 Å². The van der Waals surface area contributed by atoms with Gasteiger partial charge in [0, 0.05) is 0 Å². The second kappa shape index (κ2) is 5.37. The van der Waals surface area contributed by atoms with Gasteiger partial charge in [0.05, 0.1) is 0 Å². The van der Waals surface area contributed by atoms with Crippen LogP contribution in [0.1, 0.15) is 37.9 Å². The van der Waals surface area contributed by atoms with Crippen molar-refractivity contribution < 1.29 is 24.5 Å². The van der Waals surface area contributed by atoms with Crippen LogP contribution in [0.5, 0.6) is 5.75 Å². The number of carbonyl (C=O) groups is 2. The molecule has 0 saturated carbocycles. The van der Waals surface area contributed by atoms with E-state index >= 15 is 0 Å². The Kier molecular flexibility index (Phi) is 3.91. The standard InChI is InChI=1S/C15H19NO5/c1-15(2,3)21-14(20)12-10-7-9(17)5-4-8(10)6-11(16-12)13(18)19/h4-5,7,11-12,16-17H,6H2,1-3H3,(H,18,19)/t11?,12-/m0/s1. The Bertz CT molecular complexity index is 576. The maximum Gasteiger partial charge on any atom is 0.328 e. The predicted molar refractivity (Wildman–Crippen MR) is 75.0 cm³/mol. The molecule has 0 spiro atoms. The second-order valence-corrected chi connectivity index (χ2v) is 6.11. The van der Waals surface area contributed by atoms with Gasteiger partial charge in [-0.1, -0.05) is 6.07 Å². The lowest BCUT2D eigenvalue weighted by Gasteiger charge is -2.32. The summed E-state index contributed by atoms with van der Waals surface area (Å²) in [6.45, 7) is 5.23. The van der Waals surface area contributed by atoms with Crippen molar-refractivity contribution in [3.05, 3.63) is 29.3 Å². The number of ether oxygens (including phenoxy) is 1. The van der Waals surface area contributed by atoms with Gasteiger partial charge in [-0.15, -0.1) is 0 Å². The number of hydrogen-bond donors (Lipinski definition) is 3. The molecule has 2 atom stereocenters. The second-order valence-electron chi connectivity index (χ2n) is 6.11. The van der Waals surface area contributed by atoms with Gasteiger partial charge in [0.15, 0.2) is 0 Å². The van der Waals surface area contributed by atoms with Crippen molar-refractivity contribution in [1.82, 2.24) is 5.32 Å². The van der Waals surface area contributed by atoms with Crippen molar-refractivity contribution in [2.75, 3.05) is 0 Å². The summed E-state index contributed by atoms with van der Waals surface area (Å²) in [5, 5.41) is 21.6. The molecule has 0 saturated heterocycles. The summed E-state index contributed by atoms with van der Waals surface area (Å²) in [4.78, 5) is 23.5. The zero-order chi connectivity index (χ0) is 15.8. The smallest absolute Gasteiger partial charge is 0.328 e. The van der Waals surface area contributed by atoms with Crippen molar-refractivity contribution >= 4 is 11.9 Å². The molecular formula is C15H19NO5. The molecule has 6 heteroatoms. The zero-order valence-corrected chi connectivity index (χ0v) is 12.2. The van der Waals surface area contributed by atoms with Crippen LogP contribution in [0.25, 0.3) is 0 Å². The molecule has 6 nitrogen and oxygen atoms in total. The van der Waals surface area contributed by atoms with E-state index in [2.05, 4.69) is 5.32 Å². The first-order valence-electron chi connectivity index (χ1n) is 6.71. The number of carboxylic acids is 1. The fourth-order valence-electron chi connectivity index (χ4n) is 2.32. The lowest BCUT2D eigenvalue weighted by molar-refractivity contribution is -0.158. The van der Waals surface area contributed by atoms with E-state index in [1.54, 1.807) is 26.8 Å². The number of phenolic OH excluding ortho intramolecular Hbond substituents is 1. The van der Waals surface area contributed by atoms with E-state index in [1.807, 2.05) is 0 Å². The Morgan fingerprint density at radius 2 is 2.00 bits per heavy atom. The van der Waals surface area contributed by atoms with Crippen LogP contribution in [0.3, 0.4) is 0 Å². The minimum Gasteiger partial charge on any atom is -0.508 e. The summed E-state index contributed by atoms with van der Waals surface area (Å²) in [6.07, 6.45) is 0.254. The summed E-state index contributed by atoms with van der Waals surface area (Å²) in [6, 6.07) is 2.82. The van der Waals surface area contributed by atoms with Gasteiger partial charge in [0.25, 0.3) is 0 Å². The van der Waals surface area contributed by atoms with Crippen LogP contribution in [0.4, 0.5) is 0 Å². The lowest BCUT2D eigenvalue weighted by atomic mass is 9.90. The third-order valence-corrected chi connectivity index (χ3v) is 3.17. The van der Waals surface area contributed by atoms with Gasteiger partial charge in [-0.2, -0.15) is 0 Å². The van der Waals surface area contributed by atoms with Gasteiger partial charge in [0.2, 0.25) is 0 Å². The summed E-state index contributed by atoms with van der Waals surface area (Å²) in [5.41, 5.74) is 0.600. The Morgan fingerprint density at radius 3 is 2.57 bits per heavy atom. The number of benzene rings is 1. The van der Waals surface area contributed by atoms with Crippen LogP contribution < -0.4 is 5.32 Å². The molecule has 0 aliphatic carbocycles. The normalized spacial score (nSPS) is 21.5. The van der Waals surface area contributed by atoms with Gasteiger partial charge in [-0.3, -0.25) is 10.1 Å². The monoisotopic (exact) mass is 293 g/mol. The van der Waals surface area contributed by atoms with E-state index in [4.69, 9.17) is 4.74 Å². The predicted octanol–water partition coefficient (Wildman–Crippen LogP) is 1.37. The third-order valence-electron chi connectivity index (χ3n) is 3.17. The van der Waals surface area contributed by atoms with Crippen molar-refractivity contribution in [3.63, 3.8) is 0 Å². The van der Waals surface area contributed by atoms with E-state index in [1.165, 1.54) is 12.1 Å². The first-order chi connectivity index (χ1) is 9.67. The average molecular weight is 293 g/mol. The molecule has 1 aromatic carbocycles. The SMILES string of the molecule is CC(C)(C)OC(=O)[C@H]1NC(C(=O)O)Cc2ccc(O)cc21. The highest BCUT2D eigenvalue weighted by Crippen LogP contribution is 2.30. The number of carbonyl (C=O) groups excluding carboxylic acids is 1. The zero-order valence-electron chi connectivity index (χ0n) is 12.2. The lowest BCUT2D eigenvalue weighted by Crippen LogP contribution is -2.48. The van der Waals surface area contributed by atoms with Crippen molar-refractivity contribution in [1.29, 1.82) is 0 Å². The number of aliphatic carboxylic acids is 1. The molecular weight excluding hydrogens is 274 g/mol. The number of aromatic hydroxyl groups is 1.